The standard InChI is InChI=1S/C13H12ClF3N2O3/c1-7-2-3-9(14)8(4-7)11(20)18-10-5-22-19(12(10)21)6-13(15,16)17/h2-4,10H,5-6H2,1H3,(H,18,20). The second-order valence-electron chi connectivity index (χ2n) is 4.80. The zero-order valence-electron chi connectivity index (χ0n) is 11.4. The summed E-state index contributed by atoms with van der Waals surface area (Å²) < 4.78 is 36.8. The summed E-state index contributed by atoms with van der Waals surface area (Å²) in [7, 11) is 0. The SMILES string of the molecule is Cc1ccc(Cl)c(C(=O)NC2CON(CC(F)(F)F)C2=O)c1. The van der Waals surface area contributed by atoms with Gasteiger partial charge in [0.1, 0.15) is 19.2 Å². The van der Waals surface area contributed by atoms with Gasteiger partial charge in [0.15, 0.2) is 0 Å². The van der Waals surface area contributed by atoms with Crippen molar-refractivity contribution in [2.45, 2.75) is 19.1 Å². The van der Waals surface area contributed by atoms with Crippen molar-refractivity contribution in [3.05, 3.63) is 34.3 Å². The van der Waals surface area contributed by atoms with Crippen LogP contribution in [0.25, 0.3) is 0 Å². The summed E-state index contributed by atoms with van der Waals surface area (Å²) in [5, 5.41) is 2.70. The predicted molar refractivity (Wildman–Crippen MR) is 71.2 cm³/mol. The fourth-order valence-electron chi connectivity index (χ4n) is 1.91. The van der Waals surface area contributed by atoms with Crippen LogP contribution in [-0.4, -0.2) is 42.2 Å². The van der Waals surface area contributed by atoms with Gasteiger partial charge in [-0.05, 0) is 19.1 Å². The summed E-state index contributed by atoms with van der Waals surface area (Å²) in [6, 6.07) is 3.57. The molecule has 1 aromatic rings. The smallest absolute Gasteiger partial charge is 0.338 e. The quantitative estimate of drug-likeness (QED) is 0.919. The molecule has 1 aromatic carbocycles. The van der Waals surface area contributed by atoms with Crippen LogP contribution in [0.15, 0.2) is 18.2 Å². The Kier molecular flexibility index (Phi) is 4.62. The molecule has 0 saturated carbocycles. The molecule has 120 valence electrons. The summed E-state index contributed by atoms with van der Waals surface area (Å²) in [5.41, 5.74) is 0.922. The summed E-state index contributed by atoms with van der Waals surface area (Å²) in [6.07, 6.45) is -4.57. The number of carbonyl (C=O) groups is 2. The Bertz CT molecular complexity index is 607. The van der Waals surface area contributed by atoms with Crippen molar-refractivity contribution in [3.8, 4) is 0 Å². The summed E-state index contributed by atoms with van der Waals surface area (Å²) >= 11 is 5.89. The van der Waals surface area contributed by atoms with Gasteiger partial charge in [0.25, 0.3) is 11.8 Å². The zero-order valence-corrected chi connectivity index (χ0v) is 12.2. The van der Waals surface area contributed by atoms with E-state index in [0.29, 0.717) is 0 Å². The Morgan fingerprint density at radius 2 is 2.18 bits per heavy atom. The molecule has 1 unspecified atom stereocenters. The second-order valence-corrected chi connectivity index (χ2v) is 5.20. The number of amides is 2. The average Bonchev–Trinajstić information content (AvgIpc) is 2.72. The molecular weight excluding hydrogens is 325 g/mol. The molecule has 0 aromatic heterocycles. The van der Waals surface area contributed by atoms with Crippen molar-refractivity contribution >= 4 is 23.4 Å². The molecule has 0 aliphatic carbocycles. The molecule has 1 fully saturated rings. The van der Waals surface area contributed by atoms with Gasteiger partial charge in [-0.1, -0.05) is 23.2 Å². The Balaban J connectivity index is 2.04. The molecule has 2 amide bonds. The first-order valence-corrected chi connectivity index (χ1v) is 6.63. The van der Waals surface area contributed by atoms with Gasteiger partial charge in [-0.25, -0.2) is 5.06 Å². The molecule has 1 aliphatic heterocycles. The van der Waals surface area contributed by atoms with E-state index in [-0.39, 0.29) is 22.3 Å². The van der Waals surface area contributed by atoms with E-state index in [1.165, 1.54) is 12.1 Å². The number of rotatable bonds is 3. The topological polar surface area (TPSA) is 58.6 Å². The second kappa shape index (κ2) is 6.13. The van der Waals surface area contributed by atoms with E-state index in [2.05, 4.69) is 10.2 Å². The number of hydrogen-bond acceptors (Lipinski definition) is 3. The molecule has 1 atom stereocenters. The number of nitrogens with zero attached hydrogens (tertiary/aromatic N) is 1. The van der Waals surface area contributed by atoms with Crippen LogP contribution in [0.2, 0.25) is 5.02 Å². The summed E-state index contributed by atoms with van der Waals surface area (Å²) in [5.74, 6) is -1.60. The first-order chi connectivity index (χ1) is 10.2. The van der Waals surface area contributed by atoms with Crippen LogP contribution in [0, 0.1) is 6.92 Å². The Morgan fingerprint density at radius 3 is 2.82 bits per heavy atom. The maximum Gasteiger partial charge on any atom is 0.408 e. The molecule has 1 saturated heterocycles. The van der Waals surface area contributed by atoms with Gasteiger partial charge in [0.2, 0.25) is 0 Å². The fourth-order valence-corrected chi connectivity index (χ4v) is 2.12. The monoisotopic (exact) mass is 336 g/mol. The third-order valence-electron chi connectivity index (χ3n) is 2.94. The Labute approximate surface area is 128 Å². The molecular formula is C13H12ClF3N2O3. The third kappa shape index (κ3) is 3.89. The van der Waals surface area contributed by atoms with Crippen LogP contribution >= 0.6 is 11.6 Å². The van der Waals surface area contributed by atoms with E-state index in [1.54, 1.807) is 13.0 Å². The number of halogens is 4. The van der Waals surface area contributed by atoms with Crippen molar-refractivity contribution in [2.24, 2.45) is 0 Å². The molecule has 1 aliphatic rings. The molecule has 0 spiro atoms. The van der Waals surface area contributed by atoms with Gasteiger partial charge in [0, 0.05) is 0 Å². The van der Waals surface area contributed by atoms with Gasteiger partial charge in [-0.2, -0.15) is 13.2 Å². The van der Waals surface area contributed by atoms with Crippen molar-refractivity contribution in [3.63, 3.8) is 0 Å². The van der Waals surface area contributed by atoms with E-state index >= 15 is 0 Å². The molecule has 5 nitrogen and oxygen atoms in total. The van der Waals surface area contributed by atoms with Gasteiger partial charge in [-0.3, -0.25) is 14.4 Å². The lowest BCUT2D eigenvalue weighted by Crippen LogP contribution is -2.44. The summed E-state index contributed by atoms with van der Waals surface area (Å²) in [4.78, 5) is 28.5. The van der Waals surface area contributed by atoms with E-state index in [0.717, 1.165) is 5.56 Å². The molecule has 1 heterocycles. The van der Waals surface area contributed by atoms with Crippen LogP contribution in [0.5, 0.6) is 0 Å². The van der Waals surface area contributed by atoms with Gasteiger partial charge in [0.05, 0.1) is 10.6 Å². The fraction of sp³-hybridized carbons (Fsp3) is 0.385. The highest BCUT2D eigenvalue weighted by molar-refractivity contribution is 6.33. The molecule has 0 radical (unpaired) electrons. The number of hydrogen-bond donors (Lipinski definition) is 1. The largest absolute Gasteiger partial charge is 0.408 e. The van der Waals surface area contributed by atoms with Crippen LogP contribution in [0.4, 0.5) is 13.2 Å². The van der Waals surface area contributed by atoms with Crippen LogP contribution in [0.1, 0.15) is 15.9 Å². The normalized spacial score (nSPS) is 18.7. The first-order valence-electron chi connectivity index (χ1n) is 6.25. The Morgan fingerprint density at radius 1 is 1.50 bits per heavy atom. The minimum absolute atomic E-state index is 0.142. The van der Waals surface area contributed by atoms with E-state index in [9.17, 15) is 22.8 Å². The predicted octanol–water partition coefficient (Wildman–Crippen LogP) is 2.08. The molecule has 0 bridgehead atoms. The average molecular weight is 337 g/mol. The maximum absolute atomic E-state index is 12.3. The first kappa shape index (κ1) is 16.6. The van der Waals surface area contributed by atoms with Gasteiger partial charge >= 0.3 is 6.18 Å². The lowest BCUT2D eigenvalue weighted by molar-refractivity contribution is -0.214. The Hall–Kier alpha value is -1.80. The van der Waals surface area contributed by atoms with Crippen molar-refractivity contribution < 1.29 is 27.6 Å². The highest BCUT2D eigenvalue weighted by Gasteiger charge is 2.41. The van der Waals surface area contributed by atoms with Crippen LogP contribution in [0.3, 0.4) is 0 Å². The molecule has 1 N–H and O–H groups in total. The highest BCUT2D eigenvalue weighted by Crippen LogP contribution is 2.21. The van der Waals surface area contributed by atoms with E-state index < -0.39 is 30.6 Å². The lowest BCUT2D eigenvalue weighted by Gasteiger charge is -2.16. The van der Waals surface area contributed by atoms with E-state index in [4.69, 9.17) is 11.6 Å². The van der Waals surface area contributed by atoms with Crippen LogP contribution < -0.4 is 5.32 Å². The molecule has 22 heavy (non-hydrogen) atoms. The van der Waals surface area contributed by atoms with Crippen molar-refractivity contribution in [1.82, 2.24) is 10.4 Å². The number of nitrogens with one attached hydrogen (secondary N) is 1. The molecule has 2 rings (SSSR count). The number of alkyl halides is 3. The number of hydroxylamine groups is 2. The zero-order chi connectivity index (χ0) is 16.5. The van der Waals surface area contributed by atoms with Crippen molar-refractivity contribution in [2.75, 3.05) is 13.2 Å². The van der Waals surface area contributed by atoms with Gasteiger partial charge < -0.3 is 5.32 Å². The summed E-state index contributed by atoms with van der Waals surface area (Å²) in [6.45, 7) is -0.129. The number of aryl methyl sites for hydroxylation is 1. The minimum atomic E-state index is -4.57. The lowest BCUT2D eigenvalue weighted by atomic mass is 10.1. The number of carbonyl (C=O) groups excluding carboxylic acids is 2. The molecule has 9 heteroatoms. The number of benzene rings is 1. The van der Waals surface area contributed by atoms with E-state index in [1.807, 2.05) is 0 Å². The van der Waals surface area contributed by atoms with Crippen LogP contribution in [-0.2, 0) is 9.63 Å². The minimum Gasteiger partial charge on any atom is -0.338 e. The highest BCUT2D eigenvalue weighted by atomic mass is 35.5. The van der Waals surface area contributed by atoms with Gasteiger partial charge in [-0.15, -0.1) is 0 Å². The third-order valence-corrected chi connectivity index (χ3v) is 3.27. The maximum atomic E-state index is 12.3. The van der Waals surface area contributed by atoms with Crippen molar-refractivity contribution in [1.29, 1.82) is 0 Å².